The van der Waals surface area contributed by atoms with Crippen LogP contribution in [-0.4, -0.2) is 34.2 Å². The van der Waals surface area contributed by atoms with E-state index in [1.807, 2.05) is 0 Å². The van der Waals surface area contributed by atoms with Crippen molar-refractivity contribution in [2.24, 2.45) is 11.8 Å². The molecule has 5 nitrogen and oxygen atoms in total. The van der Waals surface area contributed by atoms with Crippen LogP contribution in [0.25, 0.3) is 0 Å². The monoisotopic (exact) mass is 255 g/mol. The number of carbonyl (C=O) groups excluding carboxylic acids is 2. The Bertz CT molecular complexity index is 315. The summed E-state index contributed by atoms with van der Waals surface area (Å²) in [5.41, 5.74) is 0. The number of hydrogen-bond acceptors (Lipinski definition) is 4. The molecule has 0 aromatic carbocycles. The van der Waals surface area contributed by atoms with Gasteiger partial charge in [-0.2, -0.15) is 0 Å². The lowest BCUT2D eigenvalue weighted by atomic mass is 9.78. The van der Waals surface area contributed by atoms with Crippen LogP contribution in [0.2, 0.25) is 0 Å². The molecule has 18 heavy (non-hydrogen) atoms. The number of imide groups is 1. The van der Waals surface area contributed by atoms with Crippen LogP contribution in [0.1, 0.15) is 44.9 Å². The molecular weight excluding hydrogens is 234 g/mol. The second-order valence-electron chi connectivity index (χ2n) is 5.56. The van der Waals surface area contributed by atoms with Crippen molar-refractivity contribution in [1.82, 2.24) is 5.32 Å². The van der Waals surface area contributed by atoms with Crippen molar-refractivity contribution in [3.8, 4) is 0 Å². The fourth-order valence-electron chi connectivity index (χ4n) is 3.13. The Kier molecular flexibility index (Phi) is 4.35. The molecule has 2 aliphatic rings. The van der Waals surface area contributed by atoms with Gasteiger partial charge in [-0.15, -0.1) is 0 Å². The number of amides is 2. The summed E-state index contributed by atoms with van der Waals surface area (Å²) in [5.74, 6) is -0.700. The van der Waals surface area contributed by atoms with Gasteiger partial charge < -0.3 is 10.2 Å². The van der Waals surface area contributed by atoms with Crippen LogP contribution in [0.15, 0.2) is 0 Å². The van der Waals surface area contributed by atoms with Gasteiger partial charge in [0.05, 0.1) is 12.2 Å². The molecule has 5 heteroatoms. The largest absolute Gasteiger partial charge is 0.393 e. The van der Waals surface area contributed by atoms with Crippen molar-refractivity contribution < 1.29 is 19.8 Å². The van der Waals surface area contributed by atoms with E-state index in [4.69, 9.17) is 0 Å². The highest BCUT2D eigenvalue weighted by Crippen LogP contribution is 2.31. The first-order valence-electron chi connectivity index (χ1n) is 6.75. The van der Waals surface area contributed by atoms with Crippen LogP contribution < -0.4 is 5.32 Å². The molecule has 3 atom stereocenters. The molecule has 2 amide bonds. The number of carbonyl (C=O) groups is 2. The minimum Gasteiger partial charge on any atom is -0.393 e. The van der Waals surface area contributed by atoms with E-state index >= 15 is 0 Å². The average Bonchev–Trinajstić information content (AvgIpc) is 2.27. The minimum absolute atomic E-state index is 0.0876. The molecular formula is C13H21NO4. The fraction of sp³-hybridized carbons (Fsp3) is 0.846. The average molecular weight is 255 g/mol. The summed E-state index contributed by atoms with van der Waals surface area (Å²) < 4.78 is 0. The fourth-order valence-corrected chi connectivity index (χ4v) is 3.13. The second-order valence-corrected chi connectivity index (χ2v) is 5.56. The van der Waals surface area contributed by atoms with Crippen LogP contribution in [-0.2, 0) is 9.59 Å². The third kappa shape index (κ3) is 3.29. The van der Waals surface area contributed by atoms with Gasteiger partial charge >= 0.3 is 0 Å². The Labute approximate surface area is 107 Å². The van der Waals surface area contributed by atoms with E-state index in [0.717, 1.165) is 25.7 Å². The van der Waals surface area contributed by atoms with Crippen molar-refractivity contribution in [3.63, 3.8) is 0 Å². The van der Waals surface area contributed by atoms with Crippen LogP contribution >= 0.6 is 0 Å². The molecule has 1 saturated heterocycles. The van der Waals surface area contributed by atoms with Gasteiger partial charge in [-0.1, -0.05) is 12.8 Å². The lowest BCUT2D eigenvalue weighted by Crippen LogP contribution is -2.41. The number of hydrogen-bond donors (Lipinski definition) is 3. The SMILES string of the molecule is O=C1CC(C[C@@H](O)[C@H]2CCCC[C@H]2O)CC(=O)N1. The molecule has 3 N–H and O–H groups in total. The number of piperidine rings is 1. The zero-order valence-electron chi connectivity index (χ0n) is 10.5. The van der Waals surface area contributed by atoms with E-state index < -0.39 is 12.2 Å². The third-order valence-corrected chi connectivity index (χ3v) is 4.08. The second kappa shape index (κ2) is 5.80. The maximum absolute atomic E-state index is 11.2. The van der Waals surface area contributed by atoms with Gasteiger partial charge in [0.1, 0.15) is 0 Å². The van der Waals surface area contributed by atoms with Crippen molar-refractivity contribution in [2.75, 3.05) is 0 Å². The van der Waals surface area contributed by atoms with E-state index in [1.165, 1.54) is 0 Å². The van der Waals surface area contributed by atoms with Gasteiger partial charge in [0, 0.05) is 18.8 Å². The number of aliphatic hydroxyl groups excluding tert-OH is 2. The molecule has 102 valence electrons. The van der Waals surface area contributed by atoms with Crippen LogP contribution in [0, 0.1) is 11.8 Å². The Morgan fingerprint density at radius 1 is 1.17 bits per heavy atom. The molecule has 0 bridgehead atoms. The highest BCUT2D eigenvalue weighted by atomic mass is 16.3. The van der Waals surface area contributed by atoms with Crippen molar-refractivity contribution in [2.45, 2.75) is 57.2 Å². The highest BCUT2D eigenvalue weighted by molar-refractivity contribution is 5.97. The molecule has 2 rings (SSSR count). The molecule has 1 aliphatic carbocycles. The predicted octanol–water partition coefficient (Wildman–Crippen LogP) is 0.341. The summed E-state index contributed by atoms with van der Waals surface area (Å²) in [6, 6.07) is 0. The molecule has 1 saturated carbocycles. The summed E-state index contributed by atoms with van der Waals surface area (Å²) in [4.78, 5) is 22.5. The van der Waals surface area contributed by atoms with Gasteiger partial charge in [0.2, 0.25) is 11.8 Å². The number of aliphatic hydroxyl groups is 2. The van der Waals surface area contributed by atoms with Crippen molar-refractivity contribution in [1.29, 1.82) is 0 Å². The van der Waals surface area contributed by atoms with Crippen molar-refractivity contribution in [3.05, 3.63) is 0 Å². The normalized spacial score (nSPS) is 32.1. The van der Waals surface area contributed by atoms with Crippen LogP contribution in [0.5, 0.6) is 0 Å². The quantitative estimate of drug-likeness (QED) is 0.635. The summed E-state index contributed by atoms with van der Waals surface area (Å²) in [6.07, 6.45) is 3.59. The lowest BCUT2D eigenvalue weighted by Gasteiger charge is -2.33. The Balaban J connectivity index is 1.87. The molecule has 1 aliphatic heterocycles. The molecule has 0 spiro atoms. The van der Waals surface area contributed by atoms with E-state index in [2.05, 4.69) is 5.32 Å². The third-order valence-electron chi connectivity index (χ3n) is 4.08. The van der Waals surface area contributed by atoms with E-state index in [0.29, 0.717) is 19.3 Å². The first-order chi connectivity index (χ1) is 8.56. The molecule has 0 radical (unpaired) electrons. The molecule has 0 aromatic rings. The standard InChI is InChI=1S/C13H21NO4/c15-10-4-2-1-3-9(10)11(16)5-8-6-12(17)14-13(18)7-8/h8-11,15-16H,1-7H2,(H,14,17,18)/t9-,10+,11+/m0/s1. The molecule has 0 unspecified atom stereocenters. The maximum atomic E-state index is 11.2. The van der Waals surface area contributed by atoms with Gasteiger partial charge in [-0.25, -0.2) is 0 Å². The zero-order valence-corrected chi connectivity index (χ0v) is 10.5. The highest BCUT2D eigenvalue weighted by Gasteiger charge is 2.33. The molecule has 2 fully saturated rings. The van der Waals surface area contributed by atoms with E-state index in [1.54, 1.807) is 0 Å². The molecule has 1 heterocycles. The lowest BCUT2D eigenvalue weighted by molar-refractivity contribution is -0.135. The summed E-state index contributed by atoms with van der Waals surface area (Å²) in [6.45, 7) is 0. The number of nitrogens with one attached hydrogen (secondary N) is 1. The number of rotatable bonds is 3. The van der Waals surface area contributed by atoms with E-state index in [9.17, 15) is 19.8 Å². The van der Waals surface area contributed by atoms with Gasteiger partial charge in [-0.3, -0.25) is 14.9 Å². The topological polar surface area (TPSA) is 86.6 Å². The van der Waals surface area contributed by atoms with Crippen molar-refractivity contribution >= 4 is 11.8 Å². The first-order valence-corrected chi connectivity index (χ1v) is 6.75. The minimum atomic E-state index is -0.607. The summed E-state index contributed by atoms with van der Waals surface area (Å²) in [5, 5.41) is 22.3. The first kappa shape index (κ1) is 13.5. The van der Waals surface area contributed by atoms with Gasteiger partial charge in [0.25, 0.3) is 0 Å². The van der Waals surface area contributed by atoms with Crippen LogP contribution in [0.4, 0.5) is 0 Å². The Morgan fingerprint density at radius 2 is 1.78 bits per heavy atom. The Morgan fingerprint density at radius 3 is 2.39 bits per heavy atom. The smallest absolute Gasteiger partial charge is 0.226 e. The van der Waals surface area contributed by atoms with Gasteiger partial charge in [0.15, 0.2) is 0 Å². The summed E-state index contributed by atoms with van der Waals surface area (Å²) in [7, 11) is 0. The van der Waals surface area contributed by atoms with E-state index in [-0.39, 0.29) is 23.7 Å². The predicted molar refractivity (Wildman–Crippen MR) is 64.5 cm³/mol. The molecule has 0 aromatic heterocycles. The summed E-state index contributed by atoms with van der Waals surface area (Å²) >= 11 is 0. The van der Waals surface area contributed by atoms with Gasteiger partial charge in [-0.05, 0) is 25.2 Å². The zero-order chi connectivity index (χ0) is 13.1. The maximum Gasteiger partial charge on any atom is 0.226 e. The van der Waals surface area contributed by atoms with Crippen LogP contribution in [0.3, 0.4) is 0 Å². The Hall–Kier alpha value is -0.940.